The van der Waals surface area contributed by atoms with Gasteiger partial charge in [0.2, 0.25) is 6.10 Å². The van der Waals surface area contributed by atoms with Crippen molar-refractivity contribution in [2.45, 2.75) is 50.9 Å². The van der Waals surface area contributed by atoms with E-state index >= 15 is 0 Å². The molecule has 1 aliphatic rings. The molecule has 0 spiro atoms. The first-order valence-electron chi connectivity index (χ1n) is 9.36. The van der Waals surface area contributed by atoms with Crippen LogP contribution in [0.4, 0.5) is 0 Å². The molecule has 4 N–H and O–H groups in total. The molecular formula is C19H23N2O11+. The van der Waals surface area contributed by atoms with Gasteiger partial charge >= 0.3 is 30.1 Å². The highest BCUT2D eigenvalue weighted by Gasteiger charge is 2.54. The third kappa shape index (κ3) is 6.46. The number of rotatable bonds is 9. The Labute approximate surface area is 181 Å². The Balaban J connectivity index is 2.30. The number of nitrogens with two attached hydrogens (primary N) is 1. The monoisotopic (exact) mass is 455 g/mol. The molecule has 5 atom stereocenters. The van der Waals surface area contributed by atoms with Crippen molar-refractivity contribution < 1.29 is 57.7 Å². The minimum Gasteiger partial charge on any atom is -0.481 e. The Kier molecular flexibility index (Phi) is 8.21. The van der Waals surface area contributed by atoms with E-state index in [1.165, 1.54) is 29.1 Å². The van der Waals surface area contributed by atoms with Gasteiger partial charge in [-0.05, 0) is 6.07 Å². The summed E-state index contributed by atoms with van der Waals surface area (Å²) in [6.45, 7) is 1.68. The Morgan fingerprint density at radius 3 is 2.34 bits per heavy atom. The highest BCUT2D eigenvalue weighted by molar-refractivity contribution is 5.92. The van der Waals surface area contributed by atoms with Crippen LogP contribution in [0.5, 0.6) is 0 Å². The SMILES string of the molecule is CC(=O)O[C@@H]1[C@H](OC(C)=O)[C@@H](COC(=O)[C@@H](O)CC(=O)O)O[C@H]1[n+]1cccc(C(N)=O)c1. The van der Waals surface area contributed by atoms with Crippen molar-refractivity contribution in [1.29, 1.82) is 0 Å². The van der Waals surface area contributed by atoms with Crippen LogP contribution in [-0.4, -0.2) is 71.0 Å². The minimum atomic E-state index is -1.91. The molecule has 0 unspecified atom stereocenters. The second-order valence-corrected chi connectivity index (χ2v) is 6.86. The summed E-state index contributed by atoms with van der Waals surface area (Å²) >= 11 is 0. The number of ether oxygens (including phenoxy) is 4. The zero-order valence-electron chi connectivity index (χ0n) is 17.2. The molecule has 0 radical (unpaired) electrons. The van der Waals surface area contributed by atoms with Crippen molar-refractivity contribution in [2.75, 3.05) is 6.61 Å². The third-order valence-electron chi connectivity index (χ3n) is 4.32. The van der Waals surface area contributed by atoms with Crippen molar-refractivity contribution >= 4 is 29.8 Å². The average Bonchev–Trinajstić information content (AvgIpc) is 3.01. The van der Waals surface area contributed by atoms with Gasteiger partial charge in [-0.25, -0.2) is 4.79 Å². The molecular weight excluding hydrogens is 432 g/mol. The second-order valence-electron chi connectivity index (χ2n) is 6.86. The zero-order valence-corrected chi connectivity index (χ0v) is 17.2. The van der Waals surface area contributed by atoms with E-state index in [-0.39, 0.29) is 5.56 Å². The number of carbonyl (C=O) groups excluding carboxylic acids is 4. The molecule has 1 aromatic heterocycles. The van der Waals surface area contributed by atoms with Gasteiger partial charge in [0.25, 0.3) is 5.91 Å². The van der Waals surface area contributed by atoms with E-state index in [0.717, 1.165) is 13.8 Å². The highest BCUT2D eigenvalue weighted by Crippen LogP contribution is 2.31. The van der Waals surface area contributed by atoms with Gasteiger partial charge in [0.15, 0.2) is 24.6 Å². The second kappa shape index (κ2) is 10.6. The van der Waals surface area contributed by atoms with Gasteiger partial charge in [-0.3, -0.25) is 19.2 Å². The van der Waals surface area contributed by atoms with Crippen molar-refractivity contribution in [3.8, 4) is 0 Å². The summed E-state index contributed by atoms with van der Waals surface area (Å²) in [5.41, 5.74) is 5.41. The summed E-state index contributed by atoms with van der Waals surface area (Å²) in [7, 11) is 0. The Bertz CT molecular complexity index is 903. The van der Waals surface area contributed by atoms with Crippen LogP contribution < -0.4 is 10.3 Å². The van der Waals surface area contributed by atoms with Gasteiger partial charge < -0.3 is 34.9 Å². The standard InChI is InChI=1S/C19H22N2O11/c1-9(22)30-15-13(8-29-19(28)12(24)6-14(25)26)32-18(16(15)31-10(2)23)21-5-3-4-11(7-21)17(20)27/h3-5,7,12-13,15-16,18,24H,6,8H2,1-2H3,(H2-,20,25,26,27)/p+1/t12-,13+,15+,16+,18+/m0/s1. The molecule has 1 aliphatic heterocycles. The molecule has 0 bridgehead atoms. The molecule has 0 saturated carbocycles. The predicted molar refractivity (Wildman–Crippen MR) is 99.4 cm³/mol. The van der Waals surface area contributed by atoms with Gasteiger partial charge in [0.1, 0.15) is 18.3 Å². The first kappa shape index (κ1) is 24.7. The normalized spacial score (nSPS) is 23.1. The molecule has 0 aromatic carbocycles. The van der Waals surface area contributed by atoms with Gasteiger partial charge in [0.05, 0.1) is 6.42 Å². The van der Waals surface area contributed by atoms with Crippen molar-refractivity contribution in [3.05, 3.63) is 30.1 Å². The van der Waals surface area contributed by atoms with E-state index in [2.05, 4.69) is 0 Å². The first-order chi connectivity index (χ1) is 15.0. The van der Waals surface area contributed by atoms with E-state index in [1.54, 1.807) is 0 Å². The van der Waals surface area contributed by atoms with Crippen LogP contribution in [0.25, 0.3) is 0 Å². The van der Waals surface area contributed by atoms with Crippen LogP contribution in [0.15, 0.2) is 24.5 Å². The number of aromatic nitrogens is 1. The Morgan fingerprint density at radius 1 is 1.16 bits per heavy atom. The Morgan fingerprint density at radius 2 is 1.78 bits per heavy atom. The predicted octanol–water partition coefficient (Wildman–Crippen LogP) is -1.79. The van der Waals surface area contributed by atoms with Crippen molar-refractivity contribution in [2.24, 2.45) is 5.73 Å². The number of primary amides is 1. The lowest BCUT2D eigenvalue weighted by Crippen LogP contribution is -2.48. The molecule has 0 aliphatic carbocycles. The van der Waals surface area contributed by atoms with Gasteiger partial charge in [-0.1, -0.05) is 0 Å². The Hall–Kier alpha value is -3.58. The minimum absolute atomic E-state index is 0.119. The summed E-state index contributed by atoms with van der Waals surface area (Å²) in [5, 5.41) is 18.2. The van der Waals surface area contributed by atoms with E-state index in [4.69, 9.17) is 29.8 Å². The lowest BCUT2D eigenvalue weighted by atomic mass is 10.1. The number of carboxylic acid groups (broad SMARTS) is 1. The van der Waals surface area contributed by atoms with Gasteiger partial charge in [-0.15, -0.1) is 0 Å². The summed E-state index contributed by atoms with van der Waals surface area (Å²) in [5.74, 6) is -4.83. The number of aliphatic hydroxyl groups excluding tert-OH is 1. The molecule has 2 rings (SSSR count). The van der Waals surface area contributed by atoms with Crippen LogP contribution in [0.2, 0.25) is 0 Å². The number of hydrogen-bond donors (Lipinski definition) is 3. The largest absolute Gasteiger partial charge is 0.481 e. The molecule has 32 heavy (non-hydrogen) atoms. The number of nitrogens with zero attached hydrogens (tertiary/aromatic N) is 1. The maximum Gasteiger partial charge on any atom is 0.335 e. The molecule has 13 heteroatoms. The fourth-order valence-electron chi connectivity index (χ4n) is 3.04. The topological polar surface area (TPSA) is 193 Å². The van der Waals surface area contributed by atoms with E-state index in [9.17, 15) is 29.1 Å². The van der Waals surface area contributed by atoms with Crippen LogP contribution >= 0.6 is 0 Å². The summed E-state index contributed by atoms with van der Waals surface area (Å²) in [6, 6.07) is 2.94. The molecule has 1 amide bonds. The van der Waals surface area contributed by atoms with Crippen LogP contribution in [0.3, 0.4) is 0 Å². The number of esters is 3. The smallest absolute Gasteiger partial charge is 0.335 e. The highest BCUT2D eigenvalue weighted by atomic mass is 16.7. The number of aliphatic carboxylic acids is 1. The fourth-order valence-corrected chi connectivity index (χ4v) is 3.04. The first-order valence-corrected chi connectivity index (χ1v) is 9.36. The molecule has 174 valence electrons. The van der Waals surface area contributed by atoms with Crippen LogP contribution in [0, 0.1) is 0 Å². The van der Waals surface area contributed by atoms with Crippen molar-refractivity contribution in [3.63, 3.8) is 0 Å². The number of aliphatic hydroxyl groups is 1. The van der Waals surface area contributed by atoms with E-state index in [0.29, 0.717) is 0 Å². The number of pyridine rings is 1. The lowest BCUT2D eigenvalue weighted by molar-refractivity contribution is -0.765. The quantitative estimate of drug-likeness (QED) is 0.216. The van der Waals surface area contributed by atoms with Crippen LogP contribution in [0.1, 0.15) is 36.9 Å². The average molecular weight is 455 g/mol. The van der Waals surface area contributed by atoms with Crippen molar-refractivity contribution in [1.82, 2.24) is 0 Å². The summed E-state index contributed by atoms with van der Waals surface area (Å²) in [6.07, 6.45) is -4.64. The summed E-state index contributed by atoms with van der Waals surface area (Å²) < 4.78 is 22.6. The van der Waals surface area contributed by atoms with Gasteiger partial charge in [-0.2, -0.15) is 4.57 Å². The zero-order chi connectivity index (χ0) is 24.0. The molecule has 1 aromatic rings. The maximum atomic E-state index is 11.9. The summed E-state index contributed by atoms with van der Waals surface area (Å²) in [4.78, 5) is 57.3. The van der Waals surface area contributed by atoms with E-state index < -0.39 is 73.5 Å². The molecule has 13 nitrogen and oxygen atoms in total. The van der Waals surface area contributed by atoms with E-state index in [1.807, 2.05) is 0 Å². The number of carboxylic acids is 1. The van der Waals surface area contributed by atoms with Gasteiger partial charge in [0, 0.05) is 19.9 Å². The molecule has 1 saturated heterocycles. The number of hydrogen-bond acceptors (Lipinski definition) is 10. The van der Waals surface area contributed by atoms with Crippen LogP contribution in [-0.2, 0) is 38.1 Å². The fraction of sp³-hybridized carbons (Fsp3) is 0.474. The lowest BCUT2D eigenvalue weighted by Gasteiger charge is -2.21. The molecule has 1 fully saturated rings. The maximum absolute atomic E-state index is 11.9. The number of amides is 1. The molecule has 2 heterocycles. The third-order valence-corrected chi connectivity index (χ3v) is 4.32. The number of carbonyl (C=O) groups is 5.